The average molecular weight is 244 g/mol. The van der Waals surface area contributed by atoms with Crippen molar-refractivity contribution in [1.82, 2.24) is 5.32 Å². The first-order valence-corrected chi connectivity index (χ1v) is 7.33. The molecule has 1 fully saturated rings. The lowest BCUT2D eigenvalue weighted by Gasteiger charge is -2.20. The minimum Gasteiger partial charge on any atom is -0.384 e. The average Bonchev–Trinajstić information content (AvgIpc) is 2.97. The Hall–Kier alpha value is -1.02. The highest BCUT2D eigenvalue weighted by Crippen LogP contribution is 2.32. The van der Waals surface area contributed by atoms with E-state index in [9.17, 15) is 0 Å². The van der Waals surface area contributed by atoms with Gasteiger partial charge in [-0.1, -0.05) is 32.0 Å². The van der Waals surface area contributed by atoms with Crippen LogP contribution in [0.4, 0.5) is 5.69 Å². The first-order valence-electron chi connectivity index (χ1n) is 7.33. The van der Waals surface area contributed by atoms with Crippen molar-refractivity contribution in [3.05, 3.63) is 29.3 Å². The number of rotatable bonds is 3. The van der Waals surface area contributed by atoms with Crippen molar-refractivity contribution >= 4 is 5.69 Å². The van der Waals surface area contributed by atoms with Crippen LogP contribution in [0, 0.1) is 11.8 Å². The highest BCUT2D eigenvalue weighted by atomic mass is 14.9. The maximum atomic E-state index is 3.77. The van der Waals surface area contributed by atoms with E-state index in [1.807, 2.05) is 0 Å². The first kappa shape index (κ1) is 12.0. The molecule has 0 aromatic heterocycles. The summed E-state index contributed by atoms with van der Waals surface area (Å²) in [6, 6.07) is 7.41. The summed E-state index contributed by atoms with van der Waals surface area (Å²) >= 11 is 0. The molecule has 3 rings (SSSR count). The standard InChI is InChI=1S/C16H24N2/c1-11-6-7-15(12(11)2)18-10-14-5-3-4-13-8-9-17-16(13)14/h3-5,11-12,15,17-18H,6-10H2,1-2H3. The van der Waals surface area contributed by atoms with Crippen molar-refractivity contribution in [2.75, 3.05) is 11.9 Å². The summed E-state index contributed by atoms with van der Waals surface area (Å²) in [5.74, 6) is 1.69. The SMILES string of the molecule is CC1CCC(NCc2cccc3c2NCC3)C1C. The second kappa shape index (κ2) is 4.93. The molecule has 1 heterocycles. The number of hydrogen-bond donors (Lipinski definition) is 2. The summed E-state index contributed by atoms with van der Waals surface area (Å²) in [4.78, 5) is 0. The zero-order chi connectivity index (χ0) is 12.5. The number of benzene rings is 1. The Morgan fingerprint density at radius 1 is 1.28 bits per heavy atom. The van der Waals surface area contributed by atoms with Gasteiger partial charge < -0.3 is 10.6 Å². The van der Waals surface area contributed by atoms with Crippen molar-refractivity contribution < 1.29 is 0 Å². The molecule has 0 bridgehead atoms. The van der Waals surface area contributed by atoms with Crippen LogP contribution in [0.3, 0.4) is 0 Å². The van der Waals surface area contributed by atoms with Crippen LogP contribution in [0.15, 0.2) is 18.2 Å². The fraction of sp³-hybridized carbons (Fsp3) is 0.625. The van der Waals surface area contributed by atoms with Crippen molar-refractivity contribution in [3.63, 3.8) is 0 Å². The molecule has 3 atom stereocenters. The van der Waals surface area contributed by atoms with Crippen molar-refractivity contribution in [3.8, 4) is 0 Å². The minimum atomic E-state index is 0.706. The van der Waals surface area contributed by atoms with E-state index in [4.69, 9.17) is 0 Å². The van der Waals surface area contributed by atoms with Crippen LogP contribution in [0.1, 0.15) is 37.8 Å². The van der Waals surface area contributed by atoms with Crippen molar-refractivity contribution in [1.29, 1.82) is 0 Å². The second-order valence-corrected chi connectivity index (χ2v) is 6.03. The van der Waals surface area contributed by atoms with Crippen LogP contribution >= 0.6 is 0 Å². The highest BCUT2D eigenvalue weighted by Gasteiger charge is 2.29. The van der Waals surface area contributed by atoms with Gasteiger partial charge in [0.1, 0.15) is 0 Å². The van der Waals surface area contributed by atoms with Gasteiger partial charge in [-0.3, -0.25) is 0 Å². The Labute approximate surface area is 110 Å². The molecule has 18 heavy (non-hydrogen) atoms. The van der Waals surface area contributed by atoms with E-state index >= 15 is 0 Å². The van der Waals surface area contributed by atoms with Crippen LogP contribution in [-0.2, 0) is 13.0 Å². The fourth-order valence-electron chi connectivity index (χ4n) is 3.45. The molecule has 2 aliphatic rings. The molecule has 1 aliphatic carbocycles. The molecule has 3 unspecified atom stereocenters. The van der Waals surface area contributed by atoms with Gasteiger partial charge in [0.2, 0.25) is 0 Å². The number of nitrogens with one attached hydrogen (secondary N) is 2. The van der Waals surface area contributed by atoms with Crippen LogP contribution in [0.5, 0.6) is 0 Å². The van der Waals surface area contributed by atoms with E-state index in [1.54, 1.807) is 0 Å². The summed E-state index contributed by atoms with van der Waals surface area (Å²) in [6.07, 6.45) is 3.90. The number of fused-ring (bicyclic) bond motifs is 1. The van der Waals surface area contributed by atoms with Gasteiger partial charge in [0.15, 0.2) is 0 Å². The number of hydrogen-bond acceptors (Lipinski definition) is 2. The predicted molar refractivity (Wildman–Crippen MR) is 76.8 cm³/mol. The molecular weight excluding hydrogens is 220 g/mol. The maximum Gasteiger partial charge on any atom is 0.0419 e. The monoisotopic (exact) mass is 244 g/mol. The Morgan fingerprint density at radius 2 is 2.17 bits per heavy atom. The fourth-order valence-corrected chi connectivity index (χ4v) is 3.45. The molecule has 0 amide bonds. The Morgan fingerprint density at radius 3 is 2.94 bits per heavy atom. The molecule has 98 valence electrons. The smallest absolute Gasteiger partial charge is 0.0419 e. The van der Waals surface area contributed by atoms with E-state index in [1.165, 1.54) is 36.1 Å². The minimum absolute atomic E-state index is 0.706. The van der Waals surface area contributed by atoms with E-state index in [2.05, 4.69) is 42.7 Å². The van der Waals surface area contributed by atoms with Crippen LogP contribution in [-0.4, -0.2) is 12.6 Å². The highest BCUT2D eigenvalue weighted by molar-refractivity contribution is 5.61. The van der Waals surface area contributed by atoms with E-state index in [0.717, 1.165) is 24.9 Å². The van der Waals surface area contributed by atoms with Crippen LogP contribution < -0.4 is 10.6 Å². The third kappa shape index (κ3) is 2.14. The molecule has 0 saturated heterocycles. The number of anilines is 1. The van der Waals surface area contributed by atoms with E-state index < -0.39 is 0 Å². The van der Waals surface area contributed by atoms with Crippen LogP contribution in [0.25, 0.3) is 0 Å². The Kier molecular flexibility index (Phi) is 3.29. The molecule has 2 nitrogen and oxygen atoms in total. The molecule has 0 spiro atoms. The summed E-state index contributed by atoms with van der Waals surface area (Å²) in [5.41, 5.74) is 4.32. The lowest BCUT2D eigenvalue weighted by molar-refractivity contribution is 0.370. The zero-order valence-corrected chi connectivity index (χ0v) is 11.5. The topological polar surface area (TPSA) is 24.1 Å². The first-order chi connectivity index (χ1) is 8.75. The van der Waals surface area contributed by atoms with Gasteiger partial charge >= 0.3 is 0 Å². The second-order valence-electron chi connectivity index (χ2n) is 6.03. The quantitative estimate of drug-likeness (QED) is 0.853. The van der Waals surface area contributed by atoms with Gasteiger partial charge in [-0.15, -0.1) is 0 Å². The summed E-state index contributed by atoms with van der Waals surface area (Å²) in [7, 11) is 0. The normalized spacial score (nSPS) is 30.2. The van der Waals surface area contributed by atoms with Gasteiger partial charge in [-0.05, 0) is 42.2 Å². The Bertz CT molecular complexity index is 427. The molecular formula is C16H24N2. The van der Waals surface area contributed by atoms with Gasteiger partial charge in [-0.2, -0.15) is 0 Å². The van der Waals surface area contributed by atoms with Gasteiger partial charge in [-0.25, -0.2) is 0 Å². The number of para-hydroxylation sites is 1. The van der Waals surface area contributed by atoms with Gasteiger partial charge in [0.25, 0.3) is 0 Å². The molecule has 0 radical (unpaired) electrons. The molecule has 1 aromatic rings. The van der Waals surface area contributed by atoms with Crippen molar-refractivity contribution in [2.24, 2.45) is 11.8 Å². The summed E-state index contributed by atoms with van der Waals surface area (Å²) in [6.45, 7) is 6.89. The summed E-state index contributed by atoms with van der Waals surface area (Å²) < 4.78 is 0. The van der Waals surface area contributed by atoms with Gasteiger partial charge in [0.05, 0.1) is 0 Å². The largest absolute Gasteiger partial charge is 0.384 e. The van der Waals surface area contributed by atoms with Gasteiger partial charge in [0, 0.05) is 24.8 Å². The Balaban J connectivity index is 1.66. The predicted octanol–water partition coefficient (Wildman–Crippen LogP) is 3.18. The summed E-state index contributed by atoms with van der Waals surface area (Å²) in [5, 5.41) is 7.29. The van der Waals surface area contributed by atoms with Crippen molar-refractivity contribution in [2.45, 2.75) is 45.7 Å². The molecule has 1 aliphatic heterocycles. The third-order valence-corrected chi connectivity index (χ3v) is 4.95. The molecule has 2 N–H and O–H groups in total. The molecule has 2 heteroatoms. The molecule has 1 saturated carbocycles. The lowest BCUT2D eigenvalue weighted by atomic mass is 9.97. The lowest BCUT2D eigenvalue weighted by Crippen LogP contribution is -2.32. The van der Waals surface area contributed by atoms with E-state index in [0.29, 0.717) is 6.04 Å². The van der Waals surface area contributed by atoms with Crippen LogP contribution in [0.2, 0.25) is 0 Å². The molecule has 1 aromatic carbocycles. The maximum absolute atomic E-state index is 3.77. The third-order valence-electron chi connectivity index (χ3n) is 4.95. The van der Waals surface area contributed by atoms with E-state index in [-0.39, 0.29) is 0 Å². The zero-order valence-electron chi connectivity index (χ0n) is 11.5.